The van der Waals surface area contributed by atoms with Gasteiger partial charge in [0.1, 0.15) is 0 Å². The molecule has 0 bridgehead atoms. The van der Waals surface area contributed by atoms with E-state index in [4.69, 9.17) is 0 Å². The normalized spacial score (nSPS) is 17.7. The summed E-state index contributed by atoms with van der Waals surface area (Å²) in [6.07, 6.45) is 13.1. The first-order chi connectivity index (χ1) is 12.2. The number of carbonyl (C=O) groups excluding carboxylic acids is 2. The van der Waals surface area contributed by atoms with Crippen LogP contribution in [0.5, 0.6) is 0 Å². The molecule has 2 heterocycles. The second-order valence-electron chi connectivity index (χ2n) is 6.64. The number of hydrogen-bond acceptors (Lipinski definition) is 3. The maximum absolute atomic E-state index is 12.2. The lowest BCUT2D eigenvalue weighted by Gasteiger charge is -2.17. The van der Waals surface area contributed by atoms with Gasteiger partial charge < -0.3 is 10.3 Å². The van der Waals surface area contributed by atoms with Gasteiger partial charge in [-0.15, -0.1) is 0 Å². The highest BCUT2D eigenvalue weighted by Gasteiger charge is 2.18. The first-order valence-electron chi connectivity index (χ1n) is 8.68. The molecule has 1 fully saturated rings. The molecule has 4 rings (SSSR count). The Kier molecular flexibility index (Phi) is 4.09. The predicted molar refractivity (Wildman–Crippen MR) is 97.7 cm³/mol. The van der Waals surface area contributed by atoms with Gasteiger partial charge in [0.15, 0.2) is 0 Å². The van der Waals surface area contributed by atoms with Gasteiger partial charge in [0.2, 0.25) is 5.91 Å². The molecule has 2 amide bonds. The average molecular weight is 336 g/mol. The fourth-order valence-electron chi connectivity index (χ4n) is 3.60. The number of anilines is 1. The minimum absolute atomic E-state index is 0.172. The topological polar surface area (TPSA) is 86.3 Å². The van der Waals surface area contributed by atoms with Crippen molar-refractivity contribution in [2.75, 3.05) is 5.32 Å². The Morgan fingerprint density at radius 3 is 2.92 bits per heavy atom. The van der Waals surface area contributed by atoms with E-state index in [0.29, 0.717) is 17.2 Å². The van der Waals surface area contributed by atoms with Crippen LogP contribution in [0, 0.1) is 5.92 Å². The van der Waals surface area contributed by atoms with E-state index in [1.807, 2.05) is 12.1 Å². The Morgan fingerprint density at radius 2 is 2.08 bits per heavy atom. The summed E-state index contributed by atoms with van der Waals surface area (Å²) in [6, 6.07) is 3.52. The van der Waals surface area contributed by atoms with Crippen LogP contribution in [-0.2, 0) is 4.79 Å². The van der Waals surface area contributed by atoms with E-state index in [0.717, 1.165) is 29.3 Å². The molecule has 2 aliphatic rings. The SMILES string of the molecule is O=C(/C=C/C1CCCCC1)Nc1cc2c3c(c[nH]c3c1)C=NNC2=O. The number of H-pyrrole nitrogens is 1. The van der Waals surface area contributed by atoms with E-state index in [-0.39, 0.29) is 11.8 Å². The van der Waals surface area contributed by atoms with Gasteiger partial charge in [-0.3, -0.25) is 9.59 Å². The highest BCUT2D eigenvalue weighted by Crippen LogP contribution is 2.28. The Labute approximate surface area is 145 Å². The fourth-order valence-corrected chi connectivity index (χ4v) is 3.60. The van der Waals surface area contributed by atoms with Gasteiger partial charge in [0, 0.05) is 28.4 Å². The van der Waals surface area contributed by atoms with Gasteiger partial charge in [0.05, 0.1) is 11.8 Å². The molecular formula is C19H20N4O2. The van der Waals surface area contributed by atoms with Crippen molar-refractivity contribution < 1.29 is 9.59 Å². The Morgan fingerprint density at radius 1 is 1.24 bits per heavy atom. The van der Waals surface area contributed by atoms with Crippen molar-refractivity contribution in [3.63, 3.8) is 0 Å². The van der Waals surface area contributed by atoms with E-state index in [1.165, 1.54) is 19.3 Å². The van der Waals surface area contributed by atoms with Crippen LogP contribution in [0.2, 0.25) is 0 Å². The summed E-state index contributed by atoms with van der Waals surface area (Å²) in [6.45, 7) is 0. The zero-order chi connectivity index (χ0) is 17.2. The molecule has 0 saturated heterocycles. The zero-order valence-electron chi connectivity index (χ0n) is 13.8. The van der Waals surface area contributed by atoms with Crippen LogP contribution in [0.1, 0.15) is 48.0 Å². The van der Waals surface area contributed by atoms with Gasteiger partial charge in [-0.1, -0.05) is 25.3 Å². The van der Waals surface area contributed by atoms with Crippen molar-refractivity contribution >= 4 is 34.6 Å². The van der Waals surface area contributed by atoms with Crippen molar-refractivity contribution in [2.24, 2.45) is 11.0 Å². The van der Waals surface area contributed by atoms with Gasteiger partial charge in [0.25, 0.3) is 5.91 Å². The third kappa shape index (κ3) is 3.20. The van der Waals surface area contributed by atoms with Crippen molar-refractivity contribution in [3.05, 3.63) is 41.6 Å². The number of carbonyl (C=O) groups is 2. The lowest BCUT2D eigenvalue weighted by molar-refractivity contribution is -0.111. The molecule has 1 aromatic carbocycles. The number of aromatic nitrogens is 1. The molecule has 2 aromatic rings. The molecule has 3 N–H and O–H groups in total. The number of amides is 2. The molecule has 1 aliphatic heterocycles. The largest absolute Gasteiger partial charge is 0.360 e. The van der Waals surface area contributed by atoms with Crippen LogP contribution in [0.25, 0.3) is 10.9 Å². The smallest absolute Gasteiger partial charge is 0.272 e. The van der Waals surface area contributed by atoms with E-state index < -0.39 is 0 Å². The van der Waals surface area contributed by atoms with E-state index in [1.54, 1.807) is 24.6 Å². The summed E-state index contributed by atoms with van der Waals surface area (Å²) in [4.78, 5) is 27.5. The summed E-state index contributed by atoms with van der Waals surface area (Å²) in [5, 5.41) is 7.56. The number of nitrogens with one attached hydrogen (secondary N) is 3. The molecule has 0 spiro atoms. The third-order valence-corrected chi connectivity index (χ3v) is 4.86. The van der Waals surface area contributed by atoms with Crippen molar-refractivity contribution in [2.45, 2.75) is 32.1 Å². The summed E-state index contributed by atoms with van der Waals surface area (Å²) in [5.74, 6) is 0.0446. The number of allylic oxidation sites excluding steroid dienone is 1. The monoisotopic (exact) mass is 336 g/mol. The lowest BCUT2D eigenvalue weighted by Crippen LogP contribution is -2.17. The van der Waals surface area contributed by atoms with Crippen LogP contribution < -0.4 is 10.7 Å². The number of hydrogen-bond donors (Lipinski definition) is 3. The zero-order valence-corrected chi connectivity index (χ0v) is 13.8. The van der Waals surface area contributed by atoms with E-state index in [2.05, 4.69) is 20.8 Å². The number of benzene rings is 1. The molecule has 128 valence electrons. The third-order valence-electron chi connectivity index (χ3n) is 4.86. The molecule has 6 nitrogen and oxygen atoms in total. The van der Waals surface area contributed by atoms with E-state index in [9.17, 15) is 9.59 Å². The van der Waals surface area contributed by atoms with Gasteiger partial charge >= 0.3 is 0 Å². The molecule has 0 radical (unpaired) electrons. The summed E-state index contributed by atoms with van der Waals surface area (Å²) < 4.78 is 0. The molecule has 0 atom stereocenters. The lowest BCUT2D eigenvalue weighted by atomic mass is 9.89. The quantitative estimate of drug-likeness (QED) is 0.751. The summed E-state index contributed by atoms with van der Waals surface area (Å²) in [7, 11) is 0. The van der Waals surface area contributed by atoms with Crippen LogP contribution in [0.4, 0.5) is 5.69 Å². The fraction of sp³-hybridized carbons (Fsp3) is 0.316. The van der Waals surface area contributed by atoms with Crippen molar-refractivity contribution in [1.29, 1.82) is 0 Å². The summed E-state index contributed by atoms with van der Waals surface area (Å²) in [5.41, 5.74) is 5.20. The standard InChI is InChI=1S/C19H20N4O2/c24-17(7-6-12-4-2-1-3-5-12)22-14-8-15-18-13(10-20-16(18)9-14)11-21-23-19(15)25/h6-12,20H,1-5H2,(H,22,24)(H,23,25)/b7-6+. The molecular weight excluding hydrogens is 316 g/mol. The average Bonchev–Trinajstić information content (AvgIpc) is 2.95. The maximum atomic E-state index is 12.2. The second-order valence-corrected chi connectivity index (χ2v) is 6.64. The number of aromatic amines is 1. The van der Waals surface area contributed by atoms with Gasteiger partial charge in [-0.05, 0) is 37.0 Å². The van der Waals surface area contributed by atoms with Crippen LogP contribution in [0.15, 0.2) is 35.6 Å². The number of hydrazone groups is 1. The second kappa shape index (κ2) is 6.55. The molecule has 1 saturated carbocycles. The predicted octanol–water partition coefficient (Wildman–Crippen LogP) is 3.32. The maximum Gasteiger partial charge on any atom is 0.272 e. The highest BCUT2D eigenvalue weighted by molar-refractivity contribution is 6.15. The first-order valence-corrected chi connectivity index (χ1v) is 8.68. The van der Waals surface area contributed by atoms with Crippen LogP contribution in [0.3, 0.4) is 0 Å². The molecule has 25 heavy (non-hydrogen) atoms. The van der Waals surface area contributed by atoms with Gasteiger partial charge in [-0.25, -0.2) is 5.43 Å². The minimum Gasteiger partial charge on any atom is -0.360 e. The van der Waals surface area contributed by atoms with E-state index >= 15 is 0 Å². The van der Waals surface area contributed by atoms with Crippen molar-refractivity contribution in [1.82, 2.24) is 10.4 Å². The Balaban J connectivity index is 1.56. The van der Waals surface area contributed by atoms with Crippen molar-refractivity contribution in [3.8, 4) is 0 Å². The molecule has 1 aliphatic carbocycles. The van der Waals surface area contributed by atoms with Gasteiger partial charge in [-0.2, -0.15) is 5.10 Å². The molecule has 1 aromatic heterocycles. The number of nitrogens with zero attached hydrogens (tertiary/aromatic N) is 1. The number of rotatable bonds is 3. The Bertz CT molecular complexity index is 888. The molecule has 0 unspecified atom stereocenters. The minimum atomic E-state index is -0.284. The summed E-state index contributed by atoms with van der Waals surface area (Å²) >= 11 is 0. The first kappa shape index (κ1) is 15.6. The molecule has 6 heteroatoms. The Hall–Kier alpha value is -2.89. The van der Waals surface area contributed by atoms with Crippen LogP contribution in [-0.4, -0.2) is 23.0 Å². The van der Waals surface area contributed by atoms with Crippen LogP contribution >= 0.6 is 0 Å². The highest BCUT2D eigenvalue weighted by atomic mass is 16.2.